The van der Waals surface area contributed by atoms with Gasteiger partial charge in [0.25, 0.3) is 11.5 Å². The molecule has 6 heteroatoms. The van der Waals surface area contributed by atoms with Crippen molar-refractivity contribution >= 4 is 38.2 Å². The molecule has 0 radical (unpaired) electrons. The number of carbonyl (C=O) groups excluding carboxylic acids is 1. The Labute approximate surface area is 194 Å². The quantitative estimate of drug-likeness (QED) is 0.394. The first-order chi connectivity index (χ1) is 16.2. The number of nitrogens with zero attached hydrogens (tertiary/aromatic N) is 3. The summed E-state index contributed by atoms with van der Waals surface area (Å²) in [5, 5.41) is 2.74. The first kappa shape index (κ1) is 19.9. The van der Waals surface area contributed by atoms with E-state index in [1.54, 1.807) is 10.9 Å². The van der Waals surface area contributed by atoms with Gasteiger partial charge in [-0.15, -0.1) is 11.3 Å². The predicted molar refractivity (Wildman–Crippen MR) is 132 cm³/mol. The molecule has 0 aliphatic carbocycles. The fraction of sp³-hybridized carbons (Fsp3) is 0.148. The fourth-order valence-corrected chi connectivity index (χ4v) is 5.86. The second-order valence-corrected chi connectivity index (χ2v) is 9.43. The number of rotatable bonds is 3. The molecule has 2 aromatic heterocycles. The Morgan fingerprint density at radius 1 is 0.970 bits per heavy atom. The summed E-state index contributed by atoms with van der Waals surface area (Å²) in [4.78, 5) is 35.0. The van der Waals surface area contributed by atoms with Crippen LogP contribution in [-0.4, -0.2) is 26.9 Å². The summed E-state index contributed by atoms with van der Waals surface area (Å²) in [7, 11) is 0. The molecule has 1 aliphatic heterocycles. The van der Waals surface area contributed by atoms with Crippen LogP contribution in [0.25, 0.3) is 21.0 Å². The lowest BCUT2D eigenvalue weighted by Crippen LogP contribution is -2.35. The van der Waals surface area contributed by atoms with Gasteiger partial charge in [-0.05, 0) is 34.4 Å². The molecule has 0 saturated heterocycles. The van der Waals surface area contributed by atoms with Crippen molar-refractivity contribution in [2.24, 2.45) is 0 Å². The van der Waals surface area contributed by atoms with Gasteiger partial charge in [0.2, 0.25) is 0 Å². The molecule has 5 nitrogen and oxygen atoms in total. The van der Waals surface area contributed by atoms with Crippen molar-refractivity contribution in [3.8, 4) is 0 Å². The third-order valence-electron chi connectivity index (χ3n) is 6.33. The fourth-order valence-electron chi connectivity index (χ4n) is 4.67. The molecule has 0 atom stereocenters. The van der Waals surface area contributed by atoms with Crippen molar-refractivity contribution in [1.29, 1.82) is 0 Å². The van der Waals surface area contributed by atoms with Crippen LogP contribution in [0.3, 0.4) is 0 Å². The molecule has 3 aromatic carbocycles. The summed E-state index contributed by atoms with van der Waals surface area (Å²) in [6.07, 6.45) is 2.30. The average Bonchev–Trinajstić information content (AvgIpc) is 3.24. The van der Waals surface area contributed by atoms with E-state index in [0.29, 0.717) is 31.4 Å². The van der Waals surface area contributed by atoms with Crippen LogP contribution in [0.2, 0.25) is 0 Å². The molecule has 1 aliphatic rings. The molecule has 0 N–H and O–H groups in total. The molecular formula is C27H21N3O2S. The lowest BCUT2D eigenvalue weighted by atomic mass is 10.0. The summed E-state index contributed by atoms with van der Waals surface area (Å²) in [6.45, 7) is 1.60. The number of hydrogen-bond donors (Lipinski definition) is 0. The number of thiophene rings is 1. The van der Waals surface area contributed by atoms with Crippen LogP contribution in [0.5, 0.6) is 0 Å². The molecule has 162 valence electrons. The SMILES string of the molecule is O=C(c1cccc2ccccc12)N1CCc2c(sc3ncn(Cc4ccccc4)c(=O)c23)C1. The van der Waals surface area contributed by atoms with Crippen LogP contribution >= 0.6 is 11.3 Å². The lowest BCUT2D eigenvalue weighted by molar-refractivity contribution is 0.0739. The van der Waals surface area contributed by atoms with Gasteiger partial charge in [0, 0.05) is 17.0 Å². The van der Waals surface area contributed by atoms with E-state index in [1.807, 2.05) is 77.7 Å². The highest BCUT2D eigenvalue weighted by Gasteiger charge is 2.27. The van der Waals surface area contributed by atoms with Gasteiger partial charge in [-0.25, -0.2) is 4.98 Å². The number of fused-ring (bicyclic) bond motifs is 4. The molecule has 33 heavy (non-hydrogen) atoms. The van der Waals surface area contributed by atoms with Crippen LogP contribution in [0.4, 0.5) is 0 Å². The van der Waals surface area contributed by atoms with Gasteiger partial charge in [-0.2, -0.15) is 0 Å². The monoisotopic (exact) mass is 451 g/mol. The van der Waals surface area contributed by atoms with E-state index in [2.05, 4.69) is 4.98 Å². The standard InChI is InChI=1S/C27H21N3O2S/c31-26(21-12-6-10-19-9-4-5-11-20(19)21)29-14-13-22-23(16-29)33-25-24(22)27(32)30(17-28-25)15-18-7-2-1-3-8-18/h1-12,17H,13-16H2. The summed E-state index contributed by atoms with van der Waals surface area (Å²) in [6, 6.07) is 23.8. The Kier molecular flexibility index (Phi) is 4.80. The maximum Gasteiger partial charge on any atom is 0.262 e. The Balaban J connectivity index is 1.34. The van der Waals surface area contributed by atoms with E-state index in [9.17, 15) is 9.59 Å². The highest BCUT2D eigenvalue weighted by molar-refractivity contribution is 7.18. The van der Waals surface area contributed by atoms with Crippen molar-refractivity contribution < 1.29 is 4.79 Å². The topological polar surface area (TPSA) is 55.2 Å². The van der Waals surface area contributed by atoms with Crippen LogP contribution in [0.15, 0.2) is 83.9 Å². The first-order valence-electron chi connectivity index (χ1n) is 11.0. The van der Waals surface area contributed by atoms with Crippen molar-refractivity contribution in [2.75, 3.05) is 6.54 Å². The Hall–Kier alpha value is -3.77. The Morgan fingerprint density at radius 2 is 1.76 bits per heavy atom. The van der Waals surface area contributed by atoms with Crippen LogP contribution in [0, 0.1) is 0 Å². The van der Waals surface area contributed by atoms with Crippen molar-refractivity contribution in [3.05, 3.63) is 111 Å². The van der Waals surface area contributed by atoms with E-state index < -0.39 is 0 Å². The molecule has 0 fully saturated rings. The maximum atomic E-state index is 13.4. The summed E-state index contributed by atoms with van der Waals surface area (Å²) in [5.41, 5.74) is 2.84. The molecule has 0 unspecified atom stereocenters. The minimum absolute atomic E-state index is 0.00446. The van der Waals surface area contributed by atoms with Crippen LogP contribution in [-0.2, 0) is 19.5 Å². The van der Waals surface area contributed by atoms with Gasteiger partial charge >= 0.3 is 0 Å². The largest absolute Gasteiger partial charge is 0.333 e. The lowest BCUT2D eigenvalue weighted by Gasteiger charge is -2.27. The van der Waals surface area contributed by atoms with E-state index in [0.717, 1.165) is 37.2 Å². The minimum Gasteiger partial charge on any atom is -0.333 e. The van der Waals surface area contributed by atoms with E-state index in [1.165, 1.54) is 11.3 Å². The zero-order valence-electron chi connectivity index (χ0n) is 17.9. The van der Waals surface area contributed by atoms with Gasteiger partial charge in [0.15, 0.2) is 0 Å². The number of benzene rings is 3. The van der Waals surface area contributed by atoms with E-state index in [4.69, 9.17) is 0 Å². The Morgan fingerprint density at radius 3 is 2.64 bits per heavy atom. The predicted octanol–water partition coefficient (Wildman–Crippen LogP) is 4.86. The van der Waals surface area contributed by atoms with Crippen molar-refractivity contribution in [3.63, 3.8) is 0 Å². The molecule has 6 rings (SSSR count). The molecule has 1 amide bonds. The second kappa shape index (κ2) is 7.98. The van der Waals surface area contributed by atoms with Crippen LogP contribution in [0.1, 0.15) is 26.4 Å². The second-order valence-electron chi connectivity index (χ2n) is 8.35. The molecule has 3 heterocycles. The Bertz CT molecular complexity index is 1560. The summed E-state index contributed by atoms with van der Waals surface area (Å²) >= 11 is 1.53. The molecule has 5 aromatic rings. The zero-order chi connectivity index (χ0) is 22.4. The van der Waals surface area contributed by atoms with Gasteiger partial charge in [0.05, 0.1) is 24.8 Å². The van der Waals surface area contributed by atoms with E-state index >= 15 is 0 Å². The number of aromatic nitrogens is 2. The first-order valence-corrected chi connectivity index (χ1v) is 11.8. The van der Waals surface area contributed by atoms with Gasteiger partial charge in [0.1, 0.15) is 4.83 Å². The third-order valence-corrected chi connectivity index (χ3v) is 7.46. The van der Waals surface area contributed by atoms with Gasteiger partial charge in [-0.1, -0.05) is 66.7 Å². The van der Waals surface area contributed by atoms with E-state index in [-0.39, 0.29) is 11.5 Å². The third kappa shape index (κ3) is 3.43. The summed E-state index contributed by atoms with van der Waals surface area (Å²) < 4.78 is 1.68. The van der Waals surface area contributed by atoms with Crippen LogP contribution < -0.4 is 5.56 Å². The summed E-state index contributed by atoms with van der Waals surface area (Å²) in [5.74, 6) is 0.0318. The molecule has 0 bridgehead atoms. The minimum atomic E-state index is -0.00446. The number of amides is 1. The molecule has 0 spiro atoms. The highest BCUT2D eigenvalue weighted by atomic mass is 32.1. The van der Waals surface area contributed by atoms with Crippen molar-refractivity contribution in [2.45, 2.75) is 19.5 Å². The average molecular weight is 452 g/mol. The van der Waals surface area contributed by atoms with Crippen molar-refractivity contribution in [1.82, 2.24) is 14.5 Å². The maximum absolute atomic E-state index is 13.4. The molecular weight excluding hydrogens is 430 g/mol. The van der Waals surface area contributed by atoms with Gasteiger partial charge in [-0.3, -0.25) is 14.2 Å². The van der Waals surface area contributed by atoms with Gasteiger partial charge < -0.3 is 4.90 Å². The zero-order valence-corrected chi connectivity index (χ0v) is 18.7. The number of hydrogen-bond acceptors (Lipinski definition) is 4. The highest BCUT2D eigenvalue weighted by Crippen LogP contribution is 2.33. The smallest absolute Gasteiger partial charge is 0.262 e. The normalized spacial score (nSPS) is 13.4. The number of carbonyl (C=O) groups is 1. The molecule has 0 saturated carbocycles.